The lowest BCUT2D eigenvalue weighted by Gasteiger charge is -2.04. The molecule has 0 aliphatic heterocycles. The Morgan fingerprint density at radius 3 is 2.78 bits per heavy atom. The SMILES string of the molecule is c1ncc(CNc2ccc(-c3nnco3)cc2)[nH]1. The Balaban J connectivity index is 1.68. The predicted octanol–water partition coefficient (Wildman–Crippen LogP) is 2.07. The molecule has 0 saturated heterocycles. The lowest BCUT2D eigenvalue weighted by molar-refractivity contribution is 0.568. The van der Waals surface area contributed by atoms with Gasteiger partial charge >= 0.3 is 0 Å². The van der Waals surface area contributed by atoms with Crippen LogP contribution in [-0.4, -0.2) is 20.2 Å². The van der Waals surface area contributed by atoms with Gasteiger partial charge in [0.2, 0.25) is 12.3 Å². The largest absolute Gasteiger partial charge is 0.423 e. The summed E-state index contributed by atoms with van der Waals surface area (Å²) in [4.78, 5) is 6.99. The van der Waals surface area contributed by atoms with Crippen LogP contribution in [0.2, 0.25) is 0 Å². The van der Waals surface area contributed by atoms with Crippen molar-refractivity contribution in [1.82, 2.24) is 20.2 Å². The number of aromatic amines is 1. The zero-order valence-electron chi connectivity index (χ0n) is 9.50. The zero-order chi connectivity index (χ0) is 12.2. The van der Waals surface area contributed by atoms with Gasteiger partial charge in [-0.1, -0.05) is 0 Å². The van der Waals surface area contributed by atoms with Crippen LogP contribution in [-0.2, 0) is 6.54 Å². The van der Waals surface area contributed by atoms with Crippen molar-refractivity contribution in [3.05, 3.63) is 48.9 Å². The molecule has 2 aromatic heterocycles. The van der Waals surface area contributed by atoms with E-state index in [-0.39, 0.29) is 0 Å². The van der Waals surface area contributed by atoms with Gasteiger partial charge in [0, 0.05) is 17.4 Å². The molecule has 0 amide bonds. The van der Waals surface area contributed by atoms with E-state index in [2.05, 4.69) is 25.5 Å². The standard InChI is InChI=1S/C12H11N5O/c1-3-10(14-6-11-5-13-7-15-11)4-2-9(1)12-17-16-8-18-12/h1-5,7-8,14H,6H2,(H,13,15). The second-order valence-electron chi connectivity index (χ2n) is 3.75. The van der Waals surface area contributed by atoms with Crippen LogP contribution < -0.4 is 5.32 Å². The van der Waals surface area contributed by atoms with Gasteiger partial charge in [0.15, 0.2) is 0 Å². The first-order valence-corrected chi connectivity index (χ1v) is 5.49. The highest BCUT2D eigenvalue weighted by Crippen LogP contribution is 2.18. The lowest BCUT2D eigenvalue weighted by atomic mass is 10.2. The Morgan fingerprint density at radius 2 is 2.11 bits per heavy atom. The van der Waals surface area contributed by atoms with Crippen molar-refractivity contribution < 1.29 is 4.42 Å². The number of benzene rings is 1. The van der Waals surface area contributed by atoms with Crippen LogP contribution in [0.4, 0.5) is 5.69 Å². The highest BCUT2D eigenvalue weighted by atomic mass is 16.4. The predicted molar refractivity (Wildman–Crippen MR) is 65.6 cm³/mol. The van der Waals surface area contributed by atoms with Crippen molar-refractivity contribution in [1.29, 1.82) is 0 Å². The van der Waals surface area contributed by atoms with Gasteiger partial charge in [-0.3, -0.25) is 0 Å². The summed E-state index contributed by atoms with van der Waals surface area (Å²) >= 11 is 0. The molecule has 0 spiro atoms. The average Bonchev–Trinajstić information content (AvgIpc) is 3.10. The van der Waals surface area contributed by atoms with Gasteiger partial charge in [-0.05, 0) is 24.3 Å². The van der Waals surface area contributed by atoms with Crippen LogP contribution in [0.5, 0.6) is 0 Å². The van der Waals surface area contributed by atoms with Gasteiger partial charge < -0.3 is 14.7 Å². The molecule has 90 valence electrons. The topological polar surface area (TPSA) is 79.6 Å². The second-order valence-corrected chi connectivity index (χ2v) is 3.75. The Morgan fingerprint density at radius 1 is 1.22 bits per heavy atom. The number of H-pyrrole nitrogens is 1. The van der Waals surface area contributed by atoms with Crippen LogP contribution in [0, 0.1) is 0 Å². The fraction of sp³-hybridized carbons (Fsp3) is 0.0833. The summed E-state index contributed by atoms with van der Waals surface area (Å²) in [6.07, 6.45) is 4.77. The van der Waals surface area contributed by atoms with Crippen LogP contribution in [0.1, 0.15) is 5.69 Å². The van der Waals surface area contributed by atoms with Crippen LogP contribution >= 0.6 is 0 Å². The normalized spacial score (nSPS) is 10.4. The van der Waals surface area contributed by atoms with E-state index in [9.17, 15) is 0 Å². The minimum absolute atomic E-state index is 0.523. The Labute approximate surface area is 103 Å². The van der Waals surface area contributed by atoms with Gasteiger partial charge in [0.05, 0.1) is 18.6 Å². The molecular weight excluding hydrogens is 230 g/mol. The number of anilines is 1. The maximum atomic E-state index is 5.12. The highest BCUT2D eigenvalue weighted by Gasteiger charge is 2.02. The molecule has 0 aliphatic rings. The summed E-state index contributed by atoms with van der Waals surface area (Å²) in [5.74, 6) is 0.523. The van der Waals surface area contributed by atoms with E-state index in [0.717, 1.165) is 16.9 Å². The molecule has 2 heterocycles. The van der Waals surface area contributed by atoms with Gasteiger partial charge in [0.25, 0.3) is 0 Å². The van der Waals surface area contributed by atoms with Crippen LogP contribution in [0.15, 0.2) is 47.6 Å². The Hall–Kier alpha value is -2.63. The van der Waals surface area contributed by atoms with Crippen molar-refractivity contribution in [3.8, 4) is 11.5 Å². The van der Waals surface area contributed by atoms with Crippen molar-refractivity contribution in [2.45, 2.75) is 6.54 Å². The lowest BCUT2D eigenvalue weighted by Crippen LogP contribution is -1.99. The van der Waals surface area contributed by atoms with E-state index in [4.69, 9.17) is 4.42 Å². The maximum Gasteiger partial charge on any atom is 0.247 e. The molecule has 3 aromatic rings. The molecule has 0 atom stereocenters. The second kappa shape index (κ2) is 4.70. The van der Waals surface area contributed by atoms with Crippen LogP contribution in [0.25, 0.3) is 11.5 Å². The number of rotatable bonds is 4. The summed E-state index contributed by atoms with van der Waals surface area (Å²) in [6.45, 7) is 0.708. The molecule has 6 heteroatoms. The third-order valence-electron chi connectivity index (χ3n) is 2.53. The Kier molecular flexibility index (Phi) is 2.75. The molecule has 0 radical (unpaired) electrons. The first-order valence-electron chi connectivity index (χ1n) is 5.49. The minimum Gasteiger partial charge on any atom is -0.423 e. The molecular formula is C12H11N5O. The van der Waals surface area contributed by atoms with Crippen molar-refractivity contribution in [2.75, 3.05) is 5.32 Å². The molecule has 0 aliphatic carbocycles. The third-order valence-corrected chi connectivity index (χ3v) is 2.53. The van der Waals surface area contributed by atoms with Gasteiger partial charge in [0.1, 0.15) is 0 Å². The number of imidazole rings is 1. The van der Waals surface area contributed by atoms with E-state index in [1.807, 2.05) is 24.3 Å². The summed E-state index contributed by atoms with van der Waals surface area (Å²) in [7, 11) is 0. The maximum absolute atomic E-state index is 5.12. The van der Waals surface area contributed by atoms with Gasteiger partial charge in [-0.25, -0.2) is 4.98 Å². The third kappa shape index (κ3) is 2.22. The van der Waals surface area contributed by atoms with E-state index < -0.39 is 0 Å². The molecule has 1 aromatic carbocycles. The monoisotopic (exact) mass is 241 g/mol. The Bertz CT molecular complexity index is 586. The molecule has 3 rings (SSSR count). The fourth-order valence-corrected chi connectivity index (χ4v) is 1.61. The van der Waals surface area contributed by atoms with Crippen molar-refractivity contribution in [2.24, 2.45) is 0 Å². The number of hydrogen-bond donors (Lipinski definition) is 2. The fourth-order valence-electron chi connectivity index (χ4n) is 1.61. The smallest absolute Gasteiger partial charge is 0.247 e. The number of hydrogen-bond acceptors (Lipinski definition) is 5. The van der Waals surface area contributed by atoms with E-state index in [0.29, 0.717) is 12.4 Å². The van der Waals surface area contributed by atoms with Crippen LogP contribution in [0.3, 0.4) is 0 Å². The number of nitrogens with zero attached hydrogens (tertiary/aromatic N) is 3. The molecule has 0 bridgehead atoms. The summed E-state index contributed by atoms with van der Waals surface area (Å²) in [5, 5.41) is 10.8. The van der Waals surface area contributed by atoms with E-state index in [1.54, 1.807) is 12.5 Å². The average molecular weight is 241 g/mol. The quantitative estimate of drug-likeness (QED) is 0.731. The first-order chi connectivity index (χ1) is 8.92. The van der Waals surface area contributed by atoms with Gasteiger partial charge in [-0.2, -0.15) is 0 Å². The van der Waals surface area contributed by atoms with E-state index >= 15 is 0 Å². The van der Waals surface area contributed by atoms with Crippen molar-refractivity contribution >= 4 is 5.69 Å². The summed E-state index contributed by atoms with van der Waals surface area (Å²) in [5.41, 5.74) is 2.96. The summed E-state index contributed by atoms with van der Waals surface area (Å²) < 4.78 is 5.12. The molecule has 2 N–H and O–H groups in total. The minimum atomic E-state index is 0.523. The molecule has 18 heavy (non-hydrogen) atoms. The molecule has 0 saturated carbocycles. The number of aromatic nitrogens is 4. The summed E-state index contributed by atoms with van der Waals surface area (Å²) in [6, 6.07) is 7.80. The first kappa shape index (κ1) is 10.5. The molecule has 6 nitrogen and oxygen atoms in total. The number of nitrogens with one attached hydrogen (secondary N) is 2. The molecule has 0 fully saturated rings. The highest BCUT2D eigenvalue weighted by molar-refractivity contribution is 5.58. The molecule has 0 unspecified atom stereocenters. The van der Waals surface area contributed by atoms with Crippen molar-refractivity contribution in [3.63, 3.8) is 0 Å². The van der Waals surface area contributed by atoms with Gasteiger partial charge in [-0.15, -0.1) is 10.2 Å². The van der Waals surface area contributed by atoms with E-state index in [1.165, 1.54) is 6.39 Å². The zero-order valence-corrected chi connectivity index (χ0v) is 9.50.